The number of halogens is 2. The molecule has 0 unspecified atom stereocenters. The summed E-state index contributed by atoms with van der Waals surface area (Å²) in [5.74, 6) is -1.49. The van der Waals surface area contributed by atoms with Crippen LogP contribution in [0.3, 0.4) is 0 Å². The van der Waals surface area contributed by atoms with E-state index in [2.05, 4.69) is 10.1 Å². The SMILES string of the molecule is Cc1cccc(C)c1-n1cc(C(=NOCc2ccccn2)c2ccc(F)cc2F)ccc1=O. The van der Waals surface area contributed by atoms with Crippen LogP contribution in [-0.2, 0) is 11.4 Å². The van der Waals surface area contributed by atoms with Crippen molar-refractivity contribution >= 4 is 5.71 Å². The van der Waals surface area contributed by atoms with E-state index in [0.29, 0.717) is 11.3 Å². The van der Waals surface area contributed by atoms with Crippen molar-refractivity contribution in [1.29, 1.82) is 0 Å². The number of hydrogen-bond acceptors (Lipinski definition) is 4. The summed E-state index contributed by atoms with van der Waals surface area (Å²) >= 11 is 0. The van der Waals surface area contributed by atoms with Gasteiger partial charge < -0.3 is 4.84 Å². The molecule has 7 heteroatoms. The van der Waals surface area contributed by atoms with Crippen molar-refractivity contribution in [2.24, 2.45) is 5.16 Å². The average Bonchev–Trinajstić information content (AvgIpc) is 2.79. The Morgan fingerprint density at radius 2 is 1.79 bits per heavy atom. The topological polar surface area (TPSA) is 56.5 Å². The van der Waals surface area contributed by atoms with E-state index in [0.717, 1.165) is 28.9 Å². The van der Waals surface area contributed by atoms with Gasteiger partial charge in [-0.1, -0.05) is 29.4 Å². The molecule has 2 heterocycles. The lowest BCUT2D eigenvalue weighted by Crippen LogP contribution is -2.21. The van der Waals surface area contributed by atoms with Crippen LogP contribution in [0.15, 0.2) is 89.1 Å². The molecule has 0 radical (unpaired) electrons. The van der Waals surface area contributed by atoms with Crippen LogP contribution in [0.1, 0.15) is 27.9 Å². The molecule has 0 N–H and O–H groups in total. The van der Waals surface area contributed by atoms with Gasteiger partial charge in [-0.05, 0) is 55.3 Å². The van der Waals surface area contributed by atoms with E-state index in [1.165, 1.54) is 22.8 Å². The summed E-state index contributed by atoms with van der Waals surface area (Å²) in [4.78, 5) is 22.4. The predicted molar refractivity (Wildman–Crippen MR) is 123 cm³/mol. The highest BCUT2D eigenvalue weighted by molar-refractivity contribution is 6.12. The summed E-state index contributed by atoms with van der Waals surface area (Å²) in [5.41, 5.74) is 3.55. The standard InChI is InChI=1S/C26H21F2N3O2/c1-17-6-5-7-18(2)26(17)31-15-19(9-12-24(31)32)25(22-11-10-20(27)14-23(22)28)30-33-16-21-8-3-4-13-29-21/h3-15H,16H2,1-2H3. The summed E-state index contributed by atoms with van der Waals surface area (Å²) in [5, 5.41) is 4.16. The first-order valence-corrected chi connectivity index (χ1v) is 10.3. The second kappa shape index (κ2) is 9.56. The number of rotatable bonds is 6. The summed E-state index contributed by atoms with van der Waals surface area (Å²) in [7, 11) is 0. The third-order valence-electron chi connectivity index (χ3n) is 5.15. The Morgan fingerprint density at radius 1 is 1.00 bits per heavy atom. The van der Waals surface area contributed by atoms with E-state index in [1.807, 2.05) is 38.1 Å². The number of nitrogens with zero attached hydrogens (tertiary/aromatic N) is 3. The van der Waals surface area contributed by atoms with E-state index in [9.17, 15) is 13.6 Å². The summed E-state index contributed by atoms with van der Waals surface area (Å²) < 4.78 is 29.8. The van der Waals surface area contributed by atoms with Crippen molar-refractivity contribution in [2.75, 3.05) is 0 Å². The van der Waals surface area contributed by atoms with E-state index in [-0.39, 0.29) is 23.4 Å². The Kier molecular flexibility index (Phi) is 6.40. The second-order valence-corrected chi connectivity index (χ2v) is 7.53. The number of benzene rings is 2. The third-order valence-corrected chi connectivity index (χ3v) is 5.15. The first-order chi connectivity index (χ1) is 15.9. The van der Waals surface area contributed by atoms with Crippen LogP contribution in [0.4, 0.5) is 8.78 Å². The Hall–Kier alpha value is -4.13. The fourth-order valence-corrected chi connectivity index (χ4v) is 3.57. The molecule has 0 bridgehead atoms. The van der Waals surface area contributed by atoms with Gasteiger partial charge in [-0.2, -0.15) is 0 Å². The normalized spacial score (nSPS) is 11.5. The molecule has 0 aliphatic rings. The van der Waals surface area contributed by atoms with Crippen molar-refractivity contribution in [3.05, 3.63) is 129 Å². The van der Waals surface area contributed by atoms with Crippen molar-refractivity contribution in [1.82, 2.24) is 9.55 Å². The minimum atomic E-state index is -0.792. The second-order valence-electron chi connectivity index (χ2n) is 7.53. The molecule has 0 atom stereocenters. The highest BCUT2D eigenvalue weighted by Crippen LogP contribution is 2.20. The van der Waals surface area contributed by atoms with Crippen molar-refractivity contribution in [3.63, 3.8) is 0 Å². The fourth-order valence-electron chi connectivity index (χ4n) is 3.57. The highest BCUT2D eigenvalue weighted by atomic mass is 19.1. The van der Waals surface area contributed by atoms with Gasteiger partial charge >= 0.3 is 0 Å². The van der Waals surface area contributed by atoms with Crippen molar-refractivity contribution < 1.29 is 13.6 Å². The van der Waals surface area contributed by atoms with Gasteiger partial charge in [0.2, 0.25) is 0 Å². The Labute approximate surface area is 189 Å². The van der Waals surface area contributed by atoms with E-state index in [4.69, 9.17) is 4.84 Å². The van der Waals surface area contributed by atoms with Crippen LogP contribution in [0.2, 0.25) is 0 Å². The molecule has 0 aliphatic heterocycles. The number of oxime groups is 1. The molecule has 2 aromatic carbocycles. The molecule has 166 valence electrons. The first-order valence-electron chi connectivity index (χ1n) is 10.3. The molecular formula is C26H21F2N3O2. The maximum atomic E-state index is 14.7. The lowest BCUT2D eigenvalue weighted by atomic mass is 10.0. The summed E-state index contributed by atoms with van der Waals surface area (Å²) in [6.07, 6.45) is 3.22. The van der Waals surface area contributed by atoms with Gasteiger partial charge in [0, 0.05) is 35.7 Å². The molecule has 4 aromatic rings. The maximum Gasteiger partial charge on any atom is 0.255 e. The number of para-hydroxylation sites is 1. The lowest BCUT2D eigenvalue weighted by Gasteiger charge is -2.15. The molecule has 0 saturated heterocycles. The van der Waals surface area contributed by atoms with Crippen LogP contribution in [0.5, 0.6) is 0 Å². The van der Waals surface area contributed by atoms with Crippen LogP contribution in [0, 0.1) is 25.5 Å². The average molecular weight is 445 g/mol. The molecule has 4 rings (SSSR count). The van der Waals surface area contributed by atoms with Gasteiger partial charge in [-0.15, -0.1) is 0 Å². The number of hydrogen-bond donors (Lipinski definition) is 0. The summed E-state index contributed by atoms with van der Waals surface area (Å²) in [6.45, 7) is 3.88. The van der Waals surface area contributed by atoms with Crippen molar-refractivity contribution in [2.45, 2.75) is 20.5 Å². The van der Waals surface area contributed by atoms with Gasteiger partial charge in [0.25, 0.3) is 5.56 Å². The zero-order valence-corrected chi connectivity index (χ0v) is 18.1. The number of aryl methyl sites for hydroxylation is 2. The smallest absolute Gasteiger partial charge is 0.255 e. The van der Waals surface area contributed by atoms with Gasteiger partial charge in [-0.25, -0.2) is 8.78 Å². The highest BCUT2D eigenvalue weighted by Gasteiger charge is 2.17. The number of aromatic nitrogens is 2. The van der Waals surface area contributed by atoms with Gasteiger partial charge in [0.1, 0.15) is 17.3 Å². The van der Waals surface area contributed by atoms with Crippen LogP contribution >= 0.6 is 0 Å². The van der Waals surface area contributed by atoms with Gasteiger partial charge in [0.15, 0.2) is 6.61 Å². The Balaban J connectivity index is 1.82. The molecular weight excluding hydrogens is 424 g/mol. The molecule has 0 saturated carbocycles. The first kappa shape index (κ1) is 22.1. The molecule has 0 aliphatic carbocycles. The summed E-state index contributed by atoms with van der Waals surface area (Å²) in [6, 6.07) is 17.2. The van der Waals surface area contributed by atoms with E-state index in [1.54, 1.807) is 24.5 Å². The lowest BCUT2D eigenvalue weighted by molar-refractivity contribution is 0.128. The zero-order chi connectivity index (χ0) is 23.4. The predicted octanol–water partition coefficient (Wildman–Crippen LogP) is 5.10. The molecule has 33 heavy (non-hydrogen) atoms. The van der Waals surface area contributed by atoms with Gasteiger partial charge in [0.05, 0.1) is 11.4 Å². The largest absolute Gasteiger partial charge is 0.389 e. The molecule has 0 spiro atoms. The minimum Gasteiger partial charge on any atom is -0.389 e. The van der Waals surface area contributed by atoms with E-state index < -0.39 is 11.6 Å². The number of pyridine rings is 2. The molecule has 2 aromatic heterocycles. The maximum absolute atomic E-state index is 14.7. The molecule has 5 nitrogen and oxygen atoms in total. The third kappa shape index (κ3) is 4.87. The van der Waals surface area contributed by atoms with E-state index >= 15 is 0 Å². The molecule has 0 amide bonds. The fraction of sp³-hybridized carbons (Fsp3) is 0.115. The minimum absolute atomic E-state index is 0.0455. The monoisotopic (exact) mass is 445 g/mol. The Bertz CT molecular complexity index is 1360. The van der Waals surface area contributed by atoms with Crippen molar-refractivity contribution in [3.8, 4) is 5.69 Å². The Morgan fingerprint density at radius 3 is 2.48 bits per heavy atom. The zero-order valence-electron chi connectivity index (χ0n) is 18.1. The van der Waals surface area contributed by atoms with Crippen LogP contribution < -0.4 is 5.56 Å². The quantitative estimate of drug-likeness (QED) is 0.307. The van der Waals surface area contributed by atoms with Crippen LogP contribution in [-0.4, -0.2) is 15.3 Å². The van der Waals surface area contributed by atoms with Crippen LogP contribution in [0.25, 0.3) is 5.69 Å². The van der Waals surface area contributed by atoms with Gasteiger partial charge in [-0.3, -0.25) is 14.3 Å². The molecule has 0 fully saturated rings.